The fourth-order valence-corrected chi connectivity index (χ4v) is 3.09. The van der Waals surface area contributed by atoms with Gasteiger partial charge in [-0.15, -0.1) is 0 Å². The van der Waals surface area contributed by atoms with Crippen molar-refractivity contribution in [1.29, 1.82) is 0 Å². The number of hydrogen-bond donors (Lipinski definition) is 1. The summed E-state index contributed by atoms with van der Waals surface area (Å²) in [5.74, 6) is 1.05. The summed E-state index contributed by atoms with van der Waals surface area (Å²) in [6.45, 7) is 9.02. The number of aliphatic hydroxyl groups is 1. The molecule has 0 bridgehead atoms. The van der Waals surface area contributed by atoms with Crippen molar-refractivity contribution in [1.82, 2.24) is 24.6 Å². The topological polar surface area (TPSA) is 57.4 Å². The van der Waals surface area contributed by atoms with Crippen LogP contribution in [-0.2, 0) is 26.2 Å². The zero-order chi connectivity index (χ0) is 16.1. The van der Waals surface area contributed by atoms with Crippen molar-refractivity contribution in [3.05, 3.63) is 47.5 Å². The number of aryl methyl sites for hydroxylation is 1. The molecule has 0 atom stereocenters. The monoisotopic (exact) mass is 315 g/mol. The van der Waals surface area contributed by atoms with Crippen LogP contribution in [0.2, 0.25) is 0 Å². The molecule has 1 aromatic carbocycles. The van der Waals surface area contributed by atoms with Crippen molar-refractivity contribution in [2.24, 2.45) is 0 Å². The maximum Gasteiger partial charge on any atom is 0.140 e. The van der Waals surface area contributed by atoms with Crippen LogP contribution in [0.1, 0.15) is 23.9 Å². The molecule has 1 saturated heterocycles. The van der Waals surface area contributed by atoms with E-state index in [-0.39, 0.29) is 6.61 Å². The molecule has 0 unspecified atom stereocenters. The van der Waals surface area contributed by atoms with Crippen LogP contribution in [0, 0.1) is 0 Å². The summed E-state index contributed by atoms with van der Waals surface area (Å²) in [5, 5.41) is 13.7. The Morgan fingerprint density at radius 1 is 1.00 bits per heavy atom. The van der Waals surface area contributed by atoms with E-state index in [9.17, 15) is 5.11 Å². The second kappa shape index (κ2) is 7.68. The molecule has 0 saturated carbocycles. The Bertz CT molecular complexity index is 619. The fourth-order valence-electron chi connectivity index (χ4n) is 3.09. The van der Waals surface area contributed by atoms with Crippen LogP contribution in [-0.4, -0.2) is 55.8 Å². The summed E-state index contributed by atoms with van der Waals surface area (Å²) >= 11 is 0. The minimum absolute atomic E-state index is 0.114. The summed E-state index contributed by atoms with van der Waals surface area (Å²) in [4.78, 5) is 9.25. The Kier molecular flexibility index (Phi) is 5.38. The van der Waals surface area contributed by atoms with E-state index in [0.717, 1.165) is 57.2 Å². The molecular weight excluding hydrogens is 290 g/mol. The number of piperazine rings is 1. The summed E-state index contributed by atoms with van der Waals surface area (Å²) in [6.07, 6.45) is 1.64. The molecule has 0 amide bonds. The standard InChI is InChI=1S/C17H25N5O/c1-2-22-17(18-14-19-22)12-21-9-7-20(8-10-21)11-15-5-3-4-6-16(15)13-23/h3-6,14,23H,2,7-13H2,1H3. The second-order valence-corrected chi connectivity index (χ2v) is 5.97. The maximum absolute atomic E-state index is 9.44. The zero-order valence-corrected chi connectivity index (χ0v) is 13.7. The Morgan fingerprint density at radius 3 is 2.30 bits per heavy atom. The van der Waals surface area contributed by atoms with Crippen molar-refractivity contribution in [2.45, 2.75) is 33.2 Å². The highest BCUT2D eigenvalue weighted by Crippen LogP contribution is 2.14. The van der Waals surface area contributed by atoms with Gasteiger partial charge in [-0.25, -0.2) is 9.67 Å². The smallest absolute Gasteiger partial charge is 0.140 e. The van der Waals surface area contributed by atoms with E-state index in [1.54, 1.807) is 6.33 Å². The van der Waals surface area contributed by atoms with E-state index in [0.29, 0.717) is 0 Å². The highest BCUT2D eigenvalue weighted by molar-refractivity contribution is 5.26. The van der Waals surface area contributed by atoms with Gasteiger partial charge in [0.2, 0.25) is 0 Å². The van der Waals surface area contributed by atoms with E-state index in [4.69, 9.17) is 0 Å². The van der Waals surface area contributed by atoms with Crippen LogP contribution < -0.4 is 0 Å². The fraction of sp³-hybridized carbons (Fsp3) is 0.529. The number of nitrogens with zero attached hydrogens (tertiary/aromatic N) is 5. The van der Waals surface area contributed by atoms with E-state index >= 15 is 0 Å². The van der Waals surface area contributed by atoms with Gasteiger partial charge in [-0.3, -0.25) is 9.80 Å². The highest BCUT2D eigenvalue weighted by Gasteiger charge is 2.19. The van der Waals surface area contributed by atoms with Crippen LogP contribution in [0.4, 0.5) is 0 Å². The number of rotatable bonds is 6. The first-order chi connectivity index (χ1) is 11.3. The third-order valence-electron chi connectivity index (χ3n) is 4.51. The van der Waals surface area contributed by atoms with Crippen LogP contribution in [0.15, 0.2) is 30.6 Å². The molecule has 1 fully saturated rings. The second-order valence-electron chi connectivity index (χ2n) is 5.97. The molecule has 1 aliphatic heterocycles. The quantitative estimate of drug-likeness (QED) is 0.865. The first-order valence-corrected chi connectivity index (χ1v) is 8.29. The van der Waals surface area contributed by atoms with Gasteiger partial charge in [0.05, 0.1) is 13.2 Å². The summed E-state index contributed by atoms with van der Waals surface area (Å²) < 4.78 is 1.96. The lowest BCUT2D eigenvalue weighted by Crippen LogP contribution is -2.45. The van der Waals surface area contributed by atoms with Crippen molar-refractivity contribution < 1.29 is 5.11 Å². The number of aliphatic hydroxyl groups excluding tert-OH is 1. The molecule has 1 N–H and O–H groups in total. The number of hydrogen-bond acceptors (Lipinski definition) is 5. The van der Waals surface area contributed by atoms with Gasteiger partial charge in [0.15, 0.2) is 0 Å². The van der Waals surface area contributed by atoms with Crippen molar-refractivity contribution in [3.63, 3.8) is 0 Å². The lowest BCUT2D eigenvalue weighted by atomic mass is 10.1. The zero-order valence-electron chi connectivity index (χ0n) is 13.7. The molecule has 124 valence electrons. The summed E-state index contributed by atoms with van der Waals surface area (Å²) in [5.41, 5.74) is 2.26. The Labute approximate surface area is 137 Å². The van der Waals surface area contributed by atoms with E-state index < -0.39 is 0 Å². The molecule has 6 nitrogen and oxygen atoms in total. The Hall–Kier alpha value is -1.76. The SMILES string of the molecule is CCn1ncnc1CN1CCN(Cc2ccccc2CO)CC1. The molecule has 6 heteroatoms. The van der Waals surface area contributed by atoms with Crippen molar-refractivity contribution in [2.75, 3.05) is 26.2 Å². The molecule has 1 aliphatic rings. The van der Waals surface area contributed by atoms with Crippen molar-refractivity contribution in [3.8, 4) is 0 Å². The average molecular weight is 315 g/mol. The minimum Gasteiger partial charge on any atom is -0.392 e. The van der Waals surface area contributed by atoms with Gasteiger partial charge in [0, 0.05) is 39.3 Å². The molecule has 23 heavy (non-hydrogen) atoms. The lowest BCUT2D eigenvalue weighted by molar-refractivity contribution is 0.118. The lowest BCUT2D eigenvalue weighted by Gasteiger charge is -2.34. The third-order valence-corrected chi connectivity index (χ3v) is 4.51. The van der Waals surface area contributed by atoms with Crippen LogP contribution in [0.5, 0.6) is 0 Å². The number of aromatic nitrogens is 3. The van der Waals surface area contributed by atoms with Gasteiger partial charge >= 0.3 is 0 Å². The van der Waals surface area contributed by atoms with E-state index in [1.165, 1.54) is 5.56 Å². The van der Waals surface area contributed by atoms with Gasteiger partial charge in [-0.2, -0.15) is 5.10 Å². The predicted molar refractivity (Wildman–Crippen MR) is 88.6 cm³/mol. The normalized spacial score (nSPS) is 16.8. The van der Waals surface area contributed by atoms with Gasteiger partial charge in [0.25, 0.3) is 0 Å². The first kappa shape index (κ1) is 16.1. The van der Waals surface area contributed by atoms with E-state index in [1.807, 2.05) is 22.9 Å². The third kappa shape index (κ3) is 3.96. The molecule has 3 rings (SSSR count). The summed E-state index contributed by atoms with van der Waals surface area (Å²) in [7, 11) is 0. The molecule has 0 radical (unpaired) electrons. The van der Waals surface area contributed by atoms with Gasteiger partial charge < -0.3 is 5.11 Å². The first-order valence-electron chi connectivity index (χ1n) is 8.29. The molecule has 2 heterocycles. The Morgan fingerprint density at radius 2 is 1.65 bits per heavy atom. The predicted octanol–water partition coefficient (Wildman–Crippen LogP) is 1.11. The largest absolute Gasteiger partial charge is 0.392 e. The summed E-state index contributed by atoms with van der Waals surface area (Å²) in [6, 6.07) is 8.14. The van der Waals surface area contributed by atoms with Crippen LogP contribution in [0.25, 0.3) is 0 Å². The highest BCUT2D eigenvalue weighted by atomic mass is 16.3. The average Bonchev–Trinajstić information content (AvgIpc) is 3.04. The molecular formula is C17H25N5O. The van der Waals surface area contributed by atoms with Crippen LogP contribution >= 0.6 is 0 Å². The van der Waals surface area contributed by atoms with Crippen LogP contribution in [0.3, 0.4) is 0 Å². The molecule has 1 aromatic heterocycles. The van der Waals surface area contributed by atoms with Crippen molar-refractivity contribution >= 4 is 0 Å². The maximum atomic E-state index is 9.44. The Balaban J connectivity index is 1.52. The van der Waals surface area contributed by atoms with E-state index in [2.05, 4.69) is 32.9 Å². The van der Waals surface area contributed by atoms with Gasteiger partial charge in [-0.05, 0) is 18.1 Å². The molecule has 0 spiro atoms. The molecule has 2 aromatic rings. The van der Waals surface area contributed by atoms with Gasteiger partial charge in [0.1, 0.15) is 12.2 Å². The minimum atomic E-state index is 0.114. The molecule has 0 aliphatic carbocycles. The number of benzene rings is 1. The van der Waals surface area contributed by atoms with Gasteiger partial charge in [-0.1, -0.05) is 24.3 Å².